The minimum Gasteiger partial charge on any atom is -0.347 e. The van der Waals surface area contributed by atoms with Crippen LogP contribution in [0.25, 0.3) is 10.9 Å². The topological polar surface area (TPSA) is 59.8 Å². The third kappa shape index (κ3) is 3.47. The molecule has 0 aliphatic rings. The Bertz CT molecular complexity index is 1040. The summed E-state index contributed by atoms with van der Waals surface area (Å²) in [7, 11) is 0. The molecule has 0 saturated heterocycles. The molecule has 5 nitrogen and oxygen atoms in total. The molecule has 0 unspecified atom stereocenters. The molecule has 0 atom stereocenters. The Morgan fingerprint density at radius 3 is 2.58 bits per heavy atom. The normalized spacial score (nSPS) is 10.8. The second kappa shape index (κ2) is 7.19. The highest BCUT2D eigenvalue weighted by atomic mass is 16.1. The third-order valence-corrected chi connectivity index (χ3v) is 4.28. The second-order valence-electron chi connectivity index (χ2n) is 6.04. The predicted molar refractivity (Wildman–Crippen MR) is 101 cm³/mol. The van der Waals surface area contributed by atoms with Crippen LogP contribution in [0.15, 0.2) is 79.1 Å². The van der Waals surface area contributed by atoms with E-state index in [0.717, 1.165) is 22.0 Å². The number of amides is 1. The van der Waals surface area contributed by atoms with Crippen molar-refractivity contribution in [2.75, 3.05) is 0 Å². The zero-order valence-electron chi connectivity index (χ0n) is 14.2. The van der Waals surface area contributed by atoms with E-state index in [9.17, 15) is 4.79 Å². The van der Waals surface area contributed by atoms with Crippen LogP contribution in [0, 0.1) is 0 Å². The zero-order valence-corrected chi connectivity index (χ0v) is 14.2. The van der Waals surface area contributed by atoms with E-state index in [0.29, 0.717) is 18.8 Å². The molecule has 4 aromatic rings. The van der Waals surface area contributed by atoms with Crippen LogP contribution >= 0.6 is 0 Å². The highest BCUT2D eigenvalue weighted by Gasteiger charge is 2.09. The zero-order chi connectivity index (χ0) is 17.8. The van der Waals surface area contributed by atoms with Gasteiger partial charge >= 0.3 is 0 Å². The maximum atomic E-state index is 12.5. The van der Waals surface area contributed by atoms with Gasteiger partial charge in [-0.1, -0.05) is 48.5 Å². The molecule has 0 saturated carbocycles. The van der Waals surface area contributed by atoms with Gasteiger partial charge in [0.15, 0.2) is 0 Å². The molecule has 2 aromatic carbocycles. The van der Waals surface area contributed by atoms with Crippen LogP contribution in [0.5, 0.6) is 0 Å². The van der Waals surface area contributed by atoms with Crippen LogP contribution in [0.4, 0.5) is 0 Å². The lowest BCUT2D eigenvalue weighted by Crippen LogP contribution is -2.24. The monoisotopic (exact) mass is 342 g/mol. The first-order valence-electron chi connectivity index (χ1n) is 8.48. The molecule has 2 heterocycles. The largest absolute Gasteiger partial charge is 0.347 e. The fourth-order valence-electron chi connectivity index (χ4n) is 2.91. The molecular formula is C21H18N4O. The van der Waals surface area contributed by atoms with E-state index in [-0.39, 0.29) is 5.91 Å². The molecule has 0 bridgehead atoms. The van der Waals surface area contributed by atoms with Gasteiger partial charge in [-0.2, -0.15) is 5.10 Å². The number of pyridine rings is 1. The Kier molecular flexibility index (Phi) is 4.43. The molecule has 2 aromatic heterocycles. The SMILES string of the molecule is O=C(NCc1ccccc1Cn1cccn1)c1ccc2ccccc2n1. The molecule has 1 amide bonds. The molecule has 1 N–H and O–H groups in total. The van der Waals surface area contributed by atoms with E-state index < -0.39 is 0 Å². The van der Waals surface area contributed by atoms with Gasteiger partial charge in [0.05, 0.1) is 12.1 Å². The predicted octanol–water partition coefficient (Wildman–Crippen LogP) is 3.41. The summed E-state index contributed by atoms with van der Waals surface area (Å²) in [6.07, 6.45) is 3.68. The van der Waals surface area contributed by atoms with Crippen molar-refractivity contribution < 1.29 is 4.79 Å². The van der Waals surface area contributed by atoms with Gasteiger partial charge in [0.2, 0.25) is 0 Å². The lowest BCUT2D eigenvalue weighted by molar-refractivity contribution is 0.0946. The summed E-state index contributed by atoms with van der Waals surface area (Å²) in [5.74, 6) is -0.176. The number of rotatable bonds is 5. The van der Waals surface area contributed by atoms with Crippen LogP contribution in [0.3, 0.4) is 0 Å². The minimum absolute atomic E-state index is 0.176. The first-order chi connectivity index (χ1) is 12.8. The lowest BCUT2D eigenvalue weighted by atomic mass is 10.1. The molecule has 0 spiro atoms. The van der Waals surface area contributed by atoms with Gasteiger partial charge in [0.25, 0.3) is 5.91 Å². The van der Waals surface area contributed by atoms with Crippen molar-refractivity contribution >= 4 is 16.8 Å². The van der Waals surface area contributed by atoms with Crippen LogP contribution < -0.4 is 5.32 Å². The highest BCUT2D eigenvalue weighted by molar-refractivity contribution is 5.94. The number of benzene rings is 2. The molecule has 4 rings (SSSR count). The molecular weight excluding hydrogens is 324 g/mol. The van der Waals surface area contributed by atoms with Gasteiger partial charge in [-0.15, -0.1) is 0 Å². The Labute approximate surface area is 151 Å². The highest BCUT2D eigenvalue weighted by Crippen LogP contribution is 2.13. The Morgan fingerprint density at radius 1 is 0.923 bits per heavy atom. The van der Waals surface area contributed by atoms with Crippen LogP contribution in [0.2, 0.25) is 0 Å². The van der Waals surface area contributed by atoms with Gasteiger partial charge in [0, 0.05) is 24.3 Å². The quantitative estimate of drug-likeness (QED) is 0.605. The summed E-state index contributed by atoms with van der Waals surface area (Å²) in [4.78, 5) is 16.9. The van der Waals surface area contributed by atoms with Crippen LogP contribution in [-0.2, 0) is 13.1 Å². The smallest absolute Gasteiger partial charge is 0.270 e. The van der Waals surface area contributed by atoms with Crippen molar-refractivity contribution in [2.45, 2.75) is 13.1 Å². The van der Waals surface area contributed by atoms with Gasteiger partial charge in [0.1, 0.15) is 5.69 Å². The minimum atomic E-state index is -0.176. The lowest BCUT2D eigenvalue weighted by Gasteiger charge is -2.11. The average Bonchev–Trinajstić information content (AvgIpc) is 3.20. The van der Waals surface area contributed by atoms with E-state index in [1.807, 2.05) is 65.5 Å². The molecule has 0 aliphatic heterocycles. The van der Waals surface area contributed by atoms with Crippen molar-refractivity contribution in [1.82, 2.24) is 20.1 Å². The Hall–Kier alpha value is -3.47. The number of hydrogen-bond donors (Lipinski definition) is 1. The van der Waals surface area contributed by atoms with Crippen LogP contribution in [0.1, 0.15) is 21.6 Å². The van der Waals surface area contributed by atoms with E-state index in [2.05, 4.69) is 21.5 Å². The Morgan fingerprint density at radius 2 is 1.73 bits per heavy atom. The van der Waals surface area contributed by atoms with Crippen molar-refractivity contribution in [3.63, 3.8) is 0 Å². The summed E-state index contributed by atoms with van der Waals surface area (Å²) in [5.41, 5.74) is 3.44. The summed E-state index contributed by atoms with van der Waals surface area (Å²) in [5, 5.41) is 8.23. The van der Waals surface area contributed by atoms with Crippen LogP contribution in [-0.4, -0.2) is 20.7 Å². The van der Waals surface area contributed by atoms with Gasteiger partial charge in [-0.25, -0.2) is 4.98 Å². The summed E-state index contributed by atoms with van der Waals surface area (Å²) in [6.45, 7) is 1.12. The molecule has 0 fully saturated rings. The number of hydrogen-bond acceptors (Lipinski definition) is 3. The maximum Gasteiger partial charge on any atom is 0.270 e. The molecule has 128 valence electrons. The number of para-hydroxylation sites is 1. The van der Waals surface area contributed by atoms with Crippen molar-refractivity contribution in [1.29, 1.82) is 0 Å². The maximum absolute atomic E-state index is 12.5. The Balaban J connectivity index is 1.48. The molecule has 26 heavy (non-hydrogen) atoms. The first-order valence-corrected chi connectivity index (χ1v) is 8.48. The van der Waals surface area contributed by atoms with E-state index >= 15 is 0 Å². The van der Waals surface area contributed by atoms with Crippen molar-refractivity contribution in [3.05, 3.63) is 95.9 Å². The van der Waals surface area contributed by atoms with E-state index in [4.69, 9.17) is 0 Å². The third-order valence-electron chi connectivity index (χ3n) is 4.28. The average molecular weight is 342 g/mol. The fourth-order valence-corrected chi connectivity index (χ4v) is 2.91. The molecule has 0 aliphatic carbocycles. The van der Waals surface area contributed by atoms with E-state index in [1.54, 1.807) is 12.3 Å². The number of nitrogens with one attached hydrogen (secondary N) is 1. The fraction of sp³-hybridized carbons (Fsp3) is 0.0952. The number of carbonyl (C=O) groups is 1. The van der Waals surface area contributed by atoms with Gasteiger partial charge in [-0.3, -0.25) is 9.48 Å². The standard InChI is InChI=1S/C21H18N4O/c26-21(20-11-10-16-6-3-4-9-19(16)24-20)22-14-17-7-1-2-8-18(17)15-25-13-5-12-23-25/h1-13H,14-15H2,(H,22,26). The number of carbonyl (C=O) groups excluding carboxylic acids is 1. The molecule has 0 radical (unpaired) electrons. The summed E-state index contributed by atoms with van der Waals surface area (Å²) >= 11 is 0. The van der Waals surface area contributed by atoms with Crippen molar-refractivity contribution in [2.24, 2.45) is 0 Å². The summed E-state index contributed by atoms with van der Waals surface area (Å²) in [6, 6.07) is 21.4. The van der Waals surface area contributed by atoms with Gasteiger partial charge in [-0.05, 0) is 29.3 Å². The number of fused-ring (bicyclic) bond motifs is 1. The van der Waals surface area contributed by atoms with Gasteiger partial charge < -0.3 is 5.32 Å². The number of aromatic nitrogens is 3. The van der Waals surface area contributed by atoms with Crippen molar-refractivity contribution in [3.8, 4) is 0 Å². The first kappa shape index (κ1) is 16.0. The second-order valence-corrected chi connectivity index (χ2v) is 6.04. The molecule has 5 heteroatoms. The summed E-state index contributed by atoms with van der Waals surface area (Å²) < 4.78 is 1.87. The number of nitrogens with zero attached hydrogens (tertiary/aromatic N) is 3. The van der Waals surface area contributed by atoms with E-state index in [1.165, 1.54) is 0 Å².